The molecule has 1 atom stereocenters. The third-order valence-corrected chi connectivity index (χ3v) is 4.69. The average Bonchev–Trinajstić information content (AvgIpc) is 2.63. The Morgan fingerprint density at radius 2 is 1.88 bits per heavy atom. The van der Waals surface area contributed by atoms with Crippen LogP contribution in [0.2, 0.25) is 0 Å². The standard InChI is InChI=1S/C20H27N3O2.ClH/c1-3-13-23(19(24)16-22-14-9-6-10-15-22)18(4-2)20(25)21-17-11-7-5-8-12-17;/h1,6,9-10,14-15,17-18H,4-5,7-8,11-13,16H2,2H3;1H. The Morgan fingerprint density at radius 3 is 2.46 bits per heavy atom. The van der Waals surface area contributed by atoms with Gasteiger partial charge < -0.3 is 22.6 Å². The van der Waals surface area contributed by atoms with Crippen LogP contribution in [0.3, 0.4) is 0 Å². The van der Waals surface area contributed by atoms with Gasteiger partial charge in [-0.1, -0.05) is 38.2 Å². The van der Waals surface area contributed by atoms with Crippen molar-refractivity contribution in [3.8, 4) is 12.3 Å². The number of terminal acetylenes is 1. The lowest BCUT2D eigenvalue weighted by molar-refractivity contribution is -0.685. The molecule has 0 spiro atoms. The van der Waals surface area contributed by atoms with Crippen LogP contribution in [0.15, 0.2) is 30.6 Å². The Labute approximate surface area is 162 Å². The van der Waals surface area contributed by atoms with Gasteiger partial charge in [0.05, 0.1) is 6.54 Å². The Balaban J connectivity index is 0.00000338. The second kappa shape index (κ2) is 11.5. The molecule has 5 nitrogen and oxygen atoms in total. The first-order valence-corrected chi connectivity index (χ1v) is 9.13. The maximum absolute atomic E-state index is 12.7. The molecule has 0 saturated heterocycles. The molecule has 1 N–H and O–H groups in total. The van der Waals surface area contributed by atoms with Gasteiger partial charge in [0, 0.05) is 18.2 Å². The van der Waals surface area contributed by atoms with Crippen LogP contribution in [0.1, 0.15) is 45.4 Å². The van der Waals surface area contributed by atoms with E-state index in [4.69, 9.17) is 6.42 Å². The molecular weight excluding hydrogens is 350 g/mol. The minimum atomic E-state index is -0.519. The molecule has 26 heavy (non-hydrogen) atoms. The smallest absolute Gasteiger partial charge is 0.290 e. The molecule has 1 saturated carbocycles. The molecule has 1 aliphatic rings. The van der Waals surface area contributed by atoms with Gasteiger partial charge in [0.2, 0.25) is 12.5 Å². The molecule has 142 valence electrons. The van der Waals surface area contributed by atoms with Crippen LogP contribution in [-0.4, -0.2) is 35.3 Å². The average molecular weight is 378 g/mol. The molecule has 1 fully saturated rings. The highest BCUT2D eigenvalue weighted by atomic mass is 35.5. The topological polar surface area (TPSA) is 53.3 Å². The first-order chi connectivity index (χ1) is 12.2. The van der Waals surface area contributed by atoms with E-state index in [1.165, 1.54) is 11.3 Å². The fourth-order valence-electron chi connectivity index (χ4n) is 3.35. The van der Waals surface area contributed by atoms with E-state index in [9.17, 15) is 9.59 Å². The third-order valence-electron chi connectivity index (χ3n) is 4.69. The van der Waals surface area contributed by atoms with Crippen molar-refractivity contribution >= 4 is 11.8 Å². The van der Waals surface area contributed by atoms with Crippen LogP contribution in [-0.2, 0) is 16.1 Å². The molecule has 0 radical (unpaired) electrons. The highest BCUT2D eigenvalue weighted by molar-refractivity contribution is 5.87. The molecule has 2 rings (SSSR count). The molecular formula is C20H28ClN3O2. The van der Waals surface area contributed by atoms with E-state index in [0.717, 1.165) is 25.7 Å². The number of halogens is 1. The molecule has 1 unspecified atom stereocenters. The van der Waals surface area contributed by atoms with Gasteiger partial charge in [0.1, 0.15) is 6.04 Å². The fourth-order valence-corrected chi connectivity index (χ4v) is 3.35. The van der Waals surface area contributed by atoms with E-state index >= 15 is 0 Å². The van der Waals surface area contributed by atoms with Gasteiger partial charge >= 0.3 is 0 Å². The summed E-state index contributed by atoms with van der Waals surface area (Å²) in [5, 5.41) is 3.12. The van der Waals surface area contributed by atoms with Crippen LogP contribution in [0.4, 0.5) is 0 Å². The molecule has 1 heterocycles. The summed E-state index contributed by atoms with van der Waals surface area (Å²) < 4.78 is 1.79. The zero-order valence-electron chi connectivity index (χ0n) is 15.4. The summed E-state index contributed by atoms with van der Waals surface area (Å²) in [6, 6.07) is 5.33. The predicted molar refractivity (Wildman–Crippen MR) is 96.3 cm³/mol. The Morgan fingerprint density at radius 1 is 1.23 bits per heavy atom. The summed E-state index contributed by atoms with van der Waals surface area (Å²) in [6.45, 7) is 2.23. The predicted octanol–water partition coefficient (Wildman–Crippen LogP) is -1.33. The number of amides is 2. The van der Waals surface area contributed by atoms with E-state index in [1.54, 1.807) is 4.57 Å². The largest absolute Gasteiger partial charge is 1.00 e. The second-order valence-electron chi connectivity index (χ2n) is 6.54. The lowest BCUT2D eigenvalue weighted by Gasteiger charge is -2.30. The minimum absolute atomic E-state index is 0. The van der Waals surface area contributed by atoms with Crippen LogP contribution in [0.5, 0.6) is 0 Å². The zero-order valence-corrected chi connectivity index (χ0v) is 16.1. The number of carbonyl (C=O) groups is 2. The third kappa shape index (κ3) is 6.34. The number of carbonyl (C=O) groups excluding carboxylic acids is 2. The first-order valence-electron chi connectivity index (χ1n) is 9.13. The van der Waals surface area contributed by atoms with Crippen molar-refractivity contribution in [2.24, 2.45) is 0 Å². The summed E-state index contributed by atoms with van der Waals surface area (Å²) in [5.74, 6) is 2.30. The Hall–Kier alpha value is -2.06. The minimum Gasteiger partial charge on any atom is -1.00 e. The van der Waals surface area contributed by atoms with Gasteiger partial charge in [-0.25, -0.2) is 0 Å². The number of pyridine rings is 1. The normalized spacial score (nSPS) is 15.2. The van der Waals surface area contributed by atoms with E-state index in [0.29, 0.717) is 6.42 Å². The van der Waals surface area contributed by atoms with E-state index in [-0.39, 0.29) is 43.4 Å². The van der Waals surface area contributed by atoms with E-state index < -0.39 is 6.04 Å². The maximum Gasteiger partial charge on any atom is 0.290 e. The van der Waals surface area contributed by atoms with Crippen molar-refractivity contribution in [2.45, 2.75) is 64.1 Å². The monoisotopic (exact) mass is 377 g/mol. The lowest BCUT2D eigenvalue weighted by atomic mass is 9.95. The molecule has 0 bridgehead atoms. The molecule has 1 aliphatic carbocycles. The van der Waals surface area contributed by atoms with Gasteiger partial charge in [-0.2, -0.15) is 4.57 Å². The maximum atomic E-state index is 12.7. The summed E-state index contributed by atoms with van der Waals surface area (Å²) in [6.07, 6.45) is 15.2. The molecule has 1 aromatic heterocycles. The molecule has 1 aromatic rings. The molecule has 0 aliphatic heterocycles. The van der Waals surface area contributed by atoms with Gasteiger partial charge in [-0.05, 0) is 19.3 Å². The van der Waals surface area contributed by atoms with Gasteiger partial charge in [-0.15, -0.1) is 6.42 Å². The van der Waals surface area contributed by atoms with Crippen molar-refractivity contribution in [2.75, 3.05) is 6.54 Å². The van der Waals surface area contributed by atoms with E-state index in [2.05, 4.69) is 11.2 Å². The second-order valence-corrected chi connectivity index (χ2v) is 6.54. The summed E-state index contributed by atoms with van der Waals surface area (Å²) in [4.78, 5) is 27.0. The summed E-state index contributed by atoms with van der Waals surface area (Å²) >= 11 is 0. The van der Waals surface area contributed by atoms with Crippen LogP contribution >= 0.6 is 0 Å². The van der Waals surface area contributed by atoms with Crippen LogP contribution < -0.4 is 22.3 Å². The SMILES string of the molecule is C#CCN(C(=O)C[n+]1ccccc1)C(CC)C(=O)NC1CCCCC1.[Cl-]. The number of nitrogens with zero attached hydrogens (tertiary/aromatic N) is 2. The zero-order chi connectivity index (χ0) is 18.1. The molecule has 6 heteroatoms. The van der Waals surface area contributed by atoms with Crippen LogP contribution in [0.25, 0.3) is 0 Å². The molecule has 2 amide bonds. The first kappa shape index (κ1) is 22.0. The molecule has 0 aromatic carbocycles. The van der Waals surface area contributed by atoms with Crippen molar-refractivity contribution in [3.63, 3.8) is 0 Å². The van der Waals surface area contributed by atoms with Crippen molar-refractivity contribution in [1.82, 2.24) is 10.2 Å². The lowest BCUT2D eigenvalue weighted by Crippen LogP contribution is -3.00. The number of rotatable bonds is 7. The Kier molecular flexibility index (Phi) is 9.75. The number of nitrogens with one attached hydrogen (secondary N) is 1. The van der Waals surface area contributed by atoms with Gasteiger partial charge in [0.15, 0.2) is 12.4 Å². The number of aromatic nitrogens is 1. The summed E-state index contributed by atoms with van der Waals surface area (Å²) in [7, 11) is 0. The van der Waals surface area contributed by atoms with Gasteiger partial charge in [0.25, 0.3) is 5.91 Å². The van der Waals surface area contributed by atoms with E-state index in [1.807, 2.05) is 37.5 Å². The van der Waals surface area contributed by atoms with Crippen molar-refractivity contribution < 1.29 is 26.6 Å². The van der Waals surface area contributed by atoms with Crippen LogP contribution in [0, 0.1) is 12.3 Å². The number of hydrogen-bond donors (Lipinski definition) is 1. The highest BCUT2D eigenvalue weighted by Gasteiger charge is 2.31. The Bertz CT molecular complexity index is 609. The summed E-state index contributed by atoms with van der Waals surface area (Å²) in [5.41, 5.74) is 0. The quantitative estimate of drug-likeness (QED) is 0.473. The van der Waals surface area contributed by atoms with Gasteiger partial charge in [-0.3, -0.25) is 9.59 Å². The highest BCUT2D eigenvalue weighted by Crippen LogP contribution is 2.18. The fraction of sp³-hybridized carbons (Fsp3) is 0.550. The van der Waals surface area contributed by atoms with Crippen molar-refractivity contribution in [1.29, 1.82) is 0 Å². The van der Waals surface area contributed by atoms with Crippen molar-refractivity contribution in [3.05, 3.63) is 30.6 Å². The number of hydrogen-bond acceptors (Lipinski definition) is 2.